The summed E-state index contributed by atoms with van der Waals surface area (Å²) in [5.41, 5.74) is 1.18. The molecule has 1 N–H and O–H groups in total. The van der Waals surface area contributed by atoms with E-state index < -0.39 is 11.8 Å². The average Bonchev–Trinajstić information content (AvgIpc) is 2.95. The normalized spacial score (nSPS) is 8.85. The summed E-state index contributed by atoms with van der Waals surface area (Å²) >= 11 is 0. The fraction of sp³-hybridized carbons (Fsp3) is 0.375. The molecule has 0 aliphatic rings. The van der Waals surface area contributed by atoms with E-state index in [-0.39, 0.29) is 6.61 Å². The molecule has 0 atom stereocenters. The van der Waals surface area contributed by atoms with Gasteiger partial charge < -0.3 is 9.72 Å². The molecule has 1 heterocycles. The number of carbonyl (C=O) groups excluding carboxylic acids is 2. The number of ketones is 1. The van der Waals surface area contributed by atoms with Crippen LogP contribution in [0.2, 0.25) is 0 Å². The van der Waals surface area contributed by atoms with Gasteiger partial charge in [-0.2, -0.15) is 0 Å². The van der Waals surface area contributed by atoms with E-state index in [1.54, 1.807) is 13.0 Å². The summed E-state index contributed by atoms with van der Waals surface area (Å²) in [4.78, 5) is 26.0. The summed E-state index contributed by atoms with van der Waals surface area (Å²) in [7, 11) is 0. The van der Waals surface area contributed by atoms with Crippen LogP contribution in [-0.2, 0) is 9.53 Å². The van der Waals surface area contributed by atoms with E-state index in [1.165, 1.54) is 6.20 Å². The maximum absolute atomic E-state index is 11.7. The van der Waals surface area contributed by atoms with E-state index in [9.17, 15) is 9.59 Å². The van der Waals surface area contributed by atoms with E-state index in [2.05, 4.69) is 9.72 Å². The maximum Gasteiger partial charge on any atom is 0.379 e. The zero-order valence-corrected chi connectivity index (χ0v) is 12.8. The number of aromatic nitrogens is 1. The lowest BCUT2D eigenvalue weighted by atomic mass is 10.1. The molecule has 0 bridgehead atoms. The van der Waals surface area contributed by atoms with Crippen molar-refractivity contribution in [2.75, 3.05) is 6.61 Å². The first-order chi connectivity index (χ1) is 9.74. The summed E-state index contributed by atoms with van der Waals surface area (Å²) in [6.45, 7) is 9.87. The molecule has 1 aromatic carbocycles. The standard InChI is InChI=1S/C12H11NO3.2C2H6/c1-2-16-12(15)11(14)9-7-13-10-6-4-3-5-8(9)10;2*1-2/h3-7,13H,2H2,1H3;2*1-2H3. The van der Waals surface area contributed by atoms with Crippen molar-refractivity contribution in [1.29, 1.82) is 0 Å². The number of hydrogen-bond acceptors (Lipinski definition) is 3. The first-order valence-corrected chi connectivity index (χ1v) is 7.01. The molecule has 0 radical (unpaired) electrons. The number of aromatic amines is 1. The van der Waals surface area contributed by atoms with Crippen LogP contribution >= 0.6 is 0 Å². The van der Waals surface area contributed by atoms with Crippen LogP contribution in [0.4, 0.5) is 0 Å². The number of ether oxygens (including phenoxy) is 1. The fourth-order valence-electron chi connectivity index (χ4n) is 1.57. The molecule has 110 valence electrons. The van der Waals surface area contributed by atoms with E-state index in [1.807, 2.05) is 45.9 Å². The van der Waals surface area contributed by atoms with Crippen LogP contribution in [0.5, 0.6) is 0 Å². The predicted octanol–water partition coefficient (Wildman–Crippen LogP) is 3.97. The van der Waals surface area contributed by atoms with Crippen molar-refractivity contribution in [1.82, 2.24) is 4.98 Å². The Hall–Kier alpha value is -2.10. The predicted molar refractivity (Wildman–Crippen MR) is 82.0 cm³/mol. The van der Waals surface area contributed by atoms with Gasteiger partial charge in [-0.1, -0.05) is 45.9 Å². The molecule has 0 amide bonds. The summed E-state index contributed by atoms with van der Waals surface area (Å²) in [5, 5.41) is 0.737. The Bertz CT molecular complexity index is 543. The number of benzene rings is 1. The van der Waals surface area contributed by atoms with Gasteiger partial charge in [0.25, 0.3) is 5.78 Å². The topological polar surface area (TPSA) is 59.2 Å². The molecular weight excluding hydrogens is 254 g/mol. The number of H-pyrrole nitrogens is 1. The van der Waals surface area contributed by atoms with Gasteiger partial charge in [-0.25, -0.2) is 4.79 Å². The SMILES string of the molecule is CC.CC.CCOC(=O)C(=O)c1c[nH]c2ccccc12. The van der Waals surface area contributed by atoms with Crippen LogP contribution in [0.25, 0.3) is 10.9 Å². The molecule has 0 fully saturated rings. The van der Waals surface area contributed by atoms with Crippen molar-refractivity contribution in [3.05, 3.63) is 36.0 Å². The van der Waals surface area contributed by atoms with Crippen molar-refractivity contribution in [2.45, 2.75) is 34.6 Å². The minimum Gasteiger partial charge on any atom is -0.460 e. The van der Waals surface area contributed by atoms with Crippen molar-refractivity contribution < 1.29 is 14.3 Å². The van der Waals surface area contributed by atoms with Crippen LogP contribution < -0.4 is 0 Å². The van der Waals surface area contributed by atoms with E-state index >= 15 is 0 Å². The molecule has 2 rings (SSSR count). The first-order valence-electron chi connectivity index (χ1n) is 7.01. The lowest BCUT2D eigenvalue weighted by Crippen LogP contribution is -2.17. The Morgan fingerprint density at radius 2 is 1.70 bits per heavy atom. The zero-order chi connectivity index (χ0) is 15.5. The molecular formula is C16H23NO3. The zero-order valence-electron chi connectivity index (χ0n) is 12.8. The summed E-state index contributed by atoms with van der Waals surface area (Å²) < 4.78 is 4.67. The Morgan fingerprint density at radius 3 is 2.30 bits per heavy atom. The van der Waals surface area contributed by atoms with Crippen molar-refractivity contribution >= 4 is 22.7 Å². The lowest BCUT2D eigenvalue weighted by Gasteiger charge is -1.99. The molecule has 2 aromatic rings. The summed E-state index contributed by atoms with van der Waals surface area (Å²) in [6, 6.07) is 7.31. The van der Waals surface area contributed by atoms with Gasteiger partial charge in [0.15, 0.2) is 0 Å². The minimum atomic E-state index is -0.813. The second-order valence-corrected chi connectivity index (χ2v) is 3.30. The third kappa shape index (κ3) is 4.23. The Kier molecular flexibility index (Phi) is 8.75. The summed E-state index contributed by atoms with van der Waals surface area (Å²) in [6.07, 6.45) is 1.53. The molecule has 4 nitrogen and oxygen atoms in total. The van der Waals surface area contributed by atoms with E-state index in [0.717, 1.165) is 10.9 Å². The van der Waals surface area contributed by atoms with Crippen molar-refractivity contribution in [3.8, 4) is 0 Å². The number of fused-ring (bicyclic) bond motifs is 1. The fourth-order valence-corrected chi connectivity index (χ4v) is 1.57. The van der Waals surface area contributed by atoms with Gasteiger partial charge in [-0.3, -0.25) is 4.79 Å². The van der Waals surface area contributed by atoms with Crippen LogP contribution in [-0.4, -0.2) is 23.3 Å². The van der Waals surface area contributed by atoms with Crippen LogP contribution in [0.1, 0.15) is 45.0 Å². The molecule has 0 spiro atoms. The Balaban J connectivity index is 0.000000829. The molecule has 0 aliphatic heterocycles. The maximum atomic E-state index is 11.7. The van der Waals surface area contributed by atoms with Gasteiger partial charge in [0.05, 0.1) is 12.2 Å². The van der Waals surface area contributed by atoms with Crippen LogP contribution in [0.3, 0.4) is 0 Å². The average molecular weight is 277 g/mol. The molecule has 0 saturated heterocycles. The third-order valence-electron chi connectivity index (χ3n) is 2.29. The number of para-hydroxylation sites is 1. The number of esters is 1. The highest BCUT2D eigenvalue weighted by atomic mass is 16.5. The number of carbonyl (C=O) groups is 2. The second-order valence-electron chi connectivity index (χ2n) is 3.30. The van der Waals surface area contributed by atoms with E-state index in [4.69, 9.17) is 0 Å². The summed E-state index contributed by atoms with van der Waals surface area (Å²) in [5.74, 6) is -1.42. The first kappa shape index (κ1) is 17.9. The number of nitrogens with one attached hydrogen (secondary N) is 1. The van der Waals surface area contributed by atoms with Crippen molar-refractivity contribution in [3.63, 3.8) is 0 Å². The second kappa shape index (κ2) is 9.78. The smallest absolute Gasteiger partial charge is 0.379 e. The quantitative estimate of drug-likeness (QED) is 0.524. The largest absolute Gasteiger partial charge is 0.460 e. The molecule has 0 saturated carbocycles. The highest BCUT2D eigenvalue weighted by Crippen LogP contribution is 2.18. The highest BCUT2D eigenvalue weighted by molar-refractivity contribution is 6.42. The molecule has 1 aromatic heterocycles. The Morgan fingerprint density at radius 1 is 1.10 bits per heavy atom. The van der Waals surface area contributed by atoms with Gasteiger partial charge in [0.2, 0.25) is 0 Å². The number of rotatable bonds is 3. The number of Topliss-reactive ketones (excluding diaryl/α,β-unsaturated/α-hetero) is 1. The van der Waals surface area contributed by atoms with Gasteiger partial charge >= 0.3 is 5.97 Å². The molecule has 20 heavy (non-hydrogen) atoms. The lowest BCUT2D eigenvalue weighted by molar-refractivity contribution is -0.137. The highest BCUT2D eigenvalue weighted by Gasteiger charge is 2.20. The van der Waals surface area contributed by atoms with Gasteiger partial charge in [0.1, 0.15) is 0 Å². The number of hydrogen-bond donors (Lipinski definition) is 1. The van der Waals surface area contributed by atoms with Gasteiger partial charge in [-0.15, -0.1) is 0 Å². The molecule has 4 heteroatoms. The molecule has 0 unspecified atom stereocenters. The van der Waals surface area contributed by atoms with Crippen LogP contribution in [0, 0.1) is 0 Å². The monoisotopic (exact) mass is 277 g/mol. The third-order valence-corrected chi connectivity index (χ3v) is 2.29. The van der Waals surface area contributed by atoms with Gasteiger partial charge in [0, 0.05) is 17.1 Å². The van der Waals surface area contributed by atoms with Gasteiger partial charge in [-0.05, 0) is 13.0 Å². The minimum absolute atomic E-state index is 0.201. The van der Waals surface area contributed by atoms with E-state index in [0.29, 0.717) is 5.56 Å². The van der Waals surface area contributed by atoms with Crippen LogP contribution in [0.15, 0.2) is 30.5 Å². The molecule has 0 aliphatic carbocycles. The van der Waals surface area contributed by atoms with Crippen molar-refractivity contribution in [2.24, 2.45) is 0 Å². The Labute approximate surface area is 120 Å².